The molecule has 0 aromatic carbocycles. The quantitative estimate of drug-likeness (QED) is 0.527. The third-order valence-corrected chi connectivity index (χ3v) is 2.49. The first-order valence-electron chi connectivity index (χ1n) is 4.56. The maximum absolute atomic E-state index is 5.62. The van der Waals surface area contributed by atoms with Crippen LogP contribution in [0.15, 0.2) is 18.7 Å². The summed E-state index contributed by atoms with van der Waals surface area (Å²) in [6, 6.07) is 0. The second-order valence-electron chi connectivity index (χ2n) is 3.61. The zero-order chi connectivity index (χ0) is 9.73. The van der Waals surface area contributed by atoms with E-state index < -0.39 is 0 Å². The van der Waals surface area contributed by atoms with Gasteiger partial charge in [-0.3, -0.25) is 0 Å². The highest BCUT2D eigenvalue weighted by Gasteiger charge is 2.18. The van der Waals surface area contributed by atoms with Crippen LogP contribution in [0, 0.1) is 6.92 Å². The zero-order valence-corrected chi connectivity index (χ0v) is 8.80. The lowest BCUT2D eigenvalue weighted by Crippen LogP contribution is -2.25. The van der Waals surface area contributed by atoms with Crippen LogP contribution < -0.4 is 0 Å². The largest absolute Gasteiger partial charge is 0.332 e. The van der Waals surface area contributed by atoms with E-state index in [9.17, 15) is 0 Å². The van der Waals surface area contributed by atoms with Crippen LogP contribution in [0.5, 0.6) is 0 Å². The molecule has 0 spiro atoms. The average molecular weight is 200 g/mol. The van der Waals surface area contributed by atoms with E-state index in [1.54, 1.807) is 6.20 Å². The zero-order valence-electron chi connectivity index (χ0n) is 8.04. The molecule has 0 aliphatic heterocycles. The van der Waals surface area contributed by atoms with E-state index in [0.29, 0.717) is 0 Å². The van der Waals surface area contributed by atoms with Crippen molar-refractivity contribution in [2.45, 2.75) is 31.7 Å². The highest BCUT2D eigenvalue weighted by molar-refractivity contribution is 6.17. The van der Waals surface area contributed by atoms with Gasteiger partial charge in [-0.2, -0.15) is 0 Å². The Hall–Kier alpha value is -0.500. The van der Waals surface area contributed by atoms with Crippen LogP contribution >= 0.6 is 11.6 Å². The molecule has 0 fully saturated rings. The molecule has 1 unspecified atom stereocenters. The van der Waals surface area contributed by atoms with Gasteiger partial charge in [0.1, 0.15) is 0 Å². The Labute approximate surface area is 84.9 Å². The fourth-order valence-electron chi connectivity index (χ4n) is 1.31. The van der Waals surface area contributed by atoms with Gasteiger partial charge in [0.15, 0.2) is 0 Å². The Bertz CT molecular complexity index is 229. The summed E-state index contributed by atoms with van der Waals surface area (Å²) in [7, 11) is 0. The summed E-state index contributed by atoms with van der Waals surface area (Å²) in [6.07, 6.45) is 8.76. The molecule has 0 bridgehead atoms. The molecule has 1 aromatic heterocycles. The lowest BCUT2D eigenvalue weighted by atomic mass is 9.97. The van der Waals surface area contributed by atoms with Crippen molar-refractivity contribution in [3.05, 3.63) is 25.6 Å². The van der Waals surface area contributed by atoms with Gasteiger partial charge in [-0.1, -0.05) is 0 Å². The lowest BCUT2D eigenvalue weighted by molar-refractivity contribution is 0.361. The SMILES string of the molecule is [CH2]C(C)(CCCCCl)n1ccnc1. The number of imidazole rings is 1. The van der Waals surface area contributed by atoms with E-state index in [2.05, 4.69) is 18.8 Å². The van der Waals surface area contributed by atoms with Crippen molar-refractivity contribution in [3.63, 3.8) is 0 Å². The molecule has 2 nitrogen and oxygen atoms in total. The van der Waals surface area contributed by atoms with Crippen LogP contribution in [-0.2, 0) is 5.54 Å². The summed E-state index contributed by atoms with van der Waals surface area (Å²) in [5, 5.41) is 0. The molecule has 0 amide bonds. The first kappa shape index (κ1) is 10.6. The van der Waals surface area contributed by atoms with Gasteiger partial charge in [-0.25, -0.2) is 4.98 Å². The molecule has 3 heteroatoms. The van der Waals surface area contributed by atoms with Crippen molar-refractivity contribution >= 4 is 11.6 Å². The first-order chi connectivity index (χ1) is 6.17. The average Bonchev–Trinajstić information content (AvgIpc) is 2.56. The molecule has 1 heterocycles. The van der Waals surface area contributed by atoms with Gasteiger partial charge in [0, 0.05) is 23.8 Å². The molecule has 1 radical (unpaired) electrons. The standard InChI is InChI=1S/C10H16ClN2/c1-10(2,5-3-4-6-11)13-8-7-12-9-13/h7-9H,1,3-6H2,2H3. The molecule has 73 valence electrons. The fourth-order valence-corrected chi connectivity index (χ4v) is 1.50. The fraction of sp³-hybridized carbons (Fsp3) is 0.600. The van der Waals surface area contributed by atoms with E-state index in [1.807, 2.05) is 17.1 Å². The van der Waals surface area contributed by atoms with E-state index in [-0.39, 0.29) is 5.54 Å². The first-order valence-corrected chi connectivity index (χ1v) is 5.10. The van der Waals surface area contributed by atoms with Crippen molar-refractivity contribution in [3.8, 4) is 0 Å². The van der Waals surface area contributed by atoms with Crippen molar-refractivity contribution in [1.29, 1.82) is 0 Å². The number of hydrogen-bond donors (Lipinski definition) is 0. The maximum Gasteiger partial charge on any atom is 0.0951 e. The molecule has 0 N–H and O–H groups in total. The predicted octanol–water partition coefficient (Wildman–Crippen LogP) is 2.84. The van der Waals surface area contributed by atoms with Crippen LogP contribution in [0.25, 0.3) is 0 Å². The lowest BCUT2D eigenvalue weighted by Gasteiger charge is -2.26. The van der Waals surface area contributed by atoms with E-state index in [1.165, 1.54) is 0 Å². The normalized spacial score (nSPS) is 11.9. The minimum atomic E-state index is -0.0808. The summed E-state index contributed by atoms with van der Waals surface area (Å²) in [6.45, 7) is 6.28. The Morgan fingerprint density at radius 3 is 2.85 bits per heavy atom. The predicted molar refractivity (Wildman–Crippen MR) is 55.8 cm³/mol. The molecule has 0 saturated carbocycles. The van der Waals surface area contributed by atoms with Crippen LogP contribution in [0.3, 0.4) is 0 Å². The third-order valence-electron chi connectivity index (χ3n) is 2.23. The van der Waals surface area contributed by atoms with Crippen LogP contribution in [-0.4, -0.2) is 15.4 Å². The molecular weight excluding hydrogens is 184 g/mol. The molecule has 1 atom stereocenters. The number of alkyl halides is 1. The molecule has 1 aromatic rings. The Morgan fingerprint density at radius 2 is 2.31 bits per heavy atom. The Balaban J connectivity index is 2.46. The number of rotatable bonds is 5. The van der Waals surface area contributed by atoms with E-state index >= 15 is 0 Å². The Morgan fingerprint density at radius 1 is 1.54 bits per heavy atom. The smallest absolute Gasteiger partial charge is 0.0951 e. The van der Waals surface area contributed by atoms with Crippen molar-refractivity contribution in [2.75, 3.05) is 5.88 Å². The van der Waals surface area contributed by atoms with Crippen molar-refractivity contribution in [2.24, 2.45) is 0 Å². The molecule has 0 aliphatic rings. The molecule has 1 rings (SSSR count). The topological polar surface area (TPSA) is 17.8 Å². The second-order valence-corrected chi connectivity index (χ2v) is 3.99. The monoisotopic (exact) mass is 199 g/mol. The number of nitrogens with zero attached hydrogens (tertiary/aromatic N) is 2. The van der Waals surface area contributed by atoms with E-state index in [4.69, 9.17) is 11.6 Å². The molecule has 13 heavy (non-hydrogen) atoms. The van der Waals surface area contributed by atoms with Gasteiger partial charge in [-0.05, 0) is 33.1 Å². The number of hydrogen-bond acceptors (Lipinski definition) is 1. The minimum absolute atomic E-state index is 0.0808. The highest BCUT2D eigenvalue weighted by Crippen LogP contribution is 2.21. The van der Waals surface area contributed by atoms with Crippen molar-refractivity contribution < 1.29 is 0 Å². The summed E-state index contributed by atoms with van der Waals surface area (Å²) in [5.41, 5.74) is -0.0808. The Kier molecular flexibility index (Phi) is 3.79. The third kappa shape index (κ3) is 3.03. The van der Waals surface area contributed by atoms with Gasteiger partial charge >= 0.3 is 0 Å². The van der Waals surface area contributed by atoms with Crippen molar-refractivity contribution in [1.82, 2.24) is 9.55 Å². The van der Waals surface area contributed by atoms with Gasteiger partial charge in [0.2, 0.25) is 0 Å². The number of halogens is 1. The summed E-state index contributed by atoms with van der Waals surface area (Å²) in [5.74, 6) is 0.736. The van der Waals surface area contributed by atoms with Gasteiger partial charge < -0.3 is 4.57 Å². The van der Waals surface area contributed by atoms with E-state index in [0.717, 1.165) is 25.1 Å². The van der Waals surface area contributed by atoms with Gasteiger partial charge in [0.05, 0.1) is 6.33 Å². The summed E-state index contributed by atoms with van der Waals surface area (Å²) >= 11 is 5.62. The molecule has 0 saturated heterocycles. The van der Waals surface area contributed by atoms with Crippen LogP contribution in [0.2, 0.25) is 0 Å². The molecule has 0 aliphatic carbocycles. The summed E-state index contributed by atoms with van der Waals surface area (Å²) < 4.78 is 2.04. The van der Waals surface area contributed by atoms with Gasteiger partial charge in [0.25, 0.3) is 0 Å². The van der Waals surface area contributed by atoms with Gasteiger partial charge in [-0.15, -0.1) is 11.6 Å². The highest BCUT2D eigenvalue weighted by atomic mass is 35.5. The molecular formula is C10H16ClN2. The maximum atomic E-state index is 5.62. The number of aromatic nitrogens is 2. The summed E-state index contributed by atoms with van der Waals surface area (Å²) in [4.78, 5) is 4.01. The minimum Gasteiger partial charge on any atom is -0.332 e. The van der Waals surface area contributed by atoms with Crippen LogP contribution in [0.4, 0.5) is 0 Å². The second kappa shape index (κ2) is 4.66. The van der Waals surface area contributed by atoms with Crippen LogP contribution in [0.1, 0.15) is 26.2 Å². The number of unbranched alkanes of at least 4 members (excludes halogenated alkanes) is 1.